The van der Waals surface area contributed by atoms with Gasteiger partial charge in [-0.3, -0.25) is 19.4 Å². The molecule has 108 valence electrons. The van der Waals surface area contributed by atoms with Gasteiger partial charge in [-0.2, -0.15) is 0 Å². The zero-order chi connectivity index (χ0) is 14.9. The van der Waals surface area contributed by atoms with Crippen LogP contribution in [0.15, 0.2) is 22.8 Å². The van der Waals surface area contributed by atoms with E-state index in [2.05, 4.69) is 0 Å². The quantitative estimate of drug-likeness (QED) is 0.853. The number of amides is 1. The largest absolute Gasteiger partial charge is 0.480 e. The molecule has 6 nitrogen and oxygen atoms in total. The van der Waals surface area contributed by atoms with Crippen molar-refractivity contribution in [3.63, 3.8) is 0 Å². The van der Waals surface area contributed by atoms with E-state index in [1.54, 1.807) is 30.9 Å². The van der Waals surface area contributed by atoms with Crippen LogP contribution in [0.3, 0.4) is 0 Å². The molecule has 0 bridgehead atoms. The fraction of sp³-hybridized carbons (Fsp3) is 0.417. The summed E-state index contributed by atoms with van der Waals surface area (Å²) < 4.78 is 5.49. The fourth-order valence-corrected chi connectivity index (χ4v) is 2.90. The molecular weight excluding hydrogens is 300 g/mol. The highest BCUT2D eigenvalue weighted by Crippen LogP contribution is 2.27. The van der Waals surface area contributed by atoms with Crippen LogP contribution in [0.25, 0.3) is 0 Å². The first-order valence-corrected chi connectivity index (χ1v) is 7.24. The number of carbonyl (C=O) groups excluding carboxylic acids is 1. The Hall–Kier alpha value is -1.38. The van der Waals surface area contributed by atoms with E-state index in [-0.39, 0.29) is 18.3 Å². The number of rotatable bonds is 3. The van der Waals surface area contributed by atoms with Gasteiger partial charge in [0.15, 0.2) is 5.76 Å². The molecule has 0 atom stereocenters. The van der Waals surface area contributed by atoms with Crippen LogP contribution in [0.5, 0.6) is 0 Å². The van der Waals surface area contributed by atoms with Gasteiger partial charge in [-0.15, -0.1) is 0 Å². The highest BCUT2D eigenvalue weighted by molar-refractivity contribution is 8.23. The lowest BCUT2D eigenvalue weighted by Gasteiger charge is -2.41. The molecule has 1 N–H and O–H groups in total. The molecule has 0 aromatic carbocycles. The molecular formula is C12H14N2O4S2. The normalized spacial score (nSPS) is 17.3. The molecule has 0 unspecified atom stereocenters. The van der Waals surface area contributed by atoms with E-state index in [9.17, 15) is 14.7 Å². The maximum Gasteiger partial charge on any atom is 0.323 e. The van der Waals surface area contributed by atoms with Crippen LogP contribution in [0.1, 0.15) is 24.4 Å². The van der Waals surface area contributed by atoms with Crippen molar-refractivity contribution in [2.45, 2.75) is 19.4 Å². The summed E-state index contributed by atoms with van der Waals surface area (Å²) in [5.74, 6) is -0.697. The number of carboxylic acids is 1. The molecule has 0 aliphatic carbocycles. The Kier molecular flexibility index (Phi) is 4.17. The highest BCUT2D eigenvalue weighted by atomic mass is 32.2. The predicted molar refractivity (Wildman–Crippen MR) is 78.4 cm³/mol. The minimum Gasteiger partial charge on any atom is -0.480 e. The second-order valence-electron chi connectivity index (χ2n) is 4.80. The second kappa shape index (κ2) is 5.55. The summed E-state index contributed by atoms with van der Waals surface area (Å²) in [4.78, 5) is 26.6. The molecule has 1 aliphatic rings. The van der Waals surface area contributed by atoms with E-state index < -0.39 is 11.5 Å². The smallest absolute Gasteiger partial charge is 0.323 e. The molecule has 1 amide bonds. The van der Waals surface area contributed by atoms with E-state index in [0.717, 1.165) is 0 Å². The van der Waals surface area contributed by atoms with Crippen LogP contribution < -0.4 is 0 Å². The van der Waals surface area contributed by atoms with E-state index in [0.29, 0.717) is 10.2 Å². The monoisotopic (exact) mass is 314 g/mol. The van der Waals surface area contributed by atoms with Crippen molar-refractivity contribution in [2.24, 2.45) is 0 Å². The van der Waals surface area contributed by atoms with Crippen molar-refractivity contribution in [2.75, 3.05) is 12.5 Å². The van der Waals surface area contributed by atoms with Gasteiger partial charge in [0.1, 0.15) is 9.86 Å². The van der Waals surface area contributed by atoms with Gasteiger partial charge in [0.2, 0.25) is 0 Å². The Bertz CT molecular complexity index is 542. The van der Waals surface area contributed by atoms with E-state index in [4.69, 9.17) is 16.6 Å². The molecule has 2 rings (SSSR count). The summed E-state index contributed by atoms with van der Waals surface area (Å²) in [7, 11) is 0. The van der Waals surface area contributed by atoms with Crippen LogP contribution in [-0.2, 0) is 4.79 Å². The minimum absolute atomic E-state index is 0.130. The zero-order valence-electron chi connectivity index (χ0n) is 11.0. The average Bonchev–Trinajstić information content (AvgIpc) is 2.92. The number of hydrogen-bond donors (Lipinski definition) is 1. The third-order valence-electron chi connectivity index (χ3n) is 3.17. The maximum absolute atomic E-state index is 12.3. The van der Waals surface area contributed by atoms with Crippen molar-refractivity contribution in [3.8, 4) is 0 Å². The summed E-state index contributed by atoms with van der Waals surface area (Å²) in [6.07, 6.45) is 1.41. The lowest BCUT2D eigenvalue weighted by Crippen LogP contribution is -2.58. The Labute approximate surface area is 125 Å². The Morgan fingerprint density at radius 1 is 1.50 bits per heavy atom. The van der Waals surface area contributed by atoms with Crippen molar-refractivity contribution in [3.05, 3.63) is 24.2 Å². The number of thiocarbonyl (C=S) groups is 1. The average molecular weight is 314 g/mol. The summed E-state index contributed by atoms with van der Waals surface area (Å²) >= 11 is 6.43. The molecule has 0 saturated carbocycles. The third-order valence-corrected chi connectivity index (χ3v) is 4.65. The Balaban J connectivity index is 2.19. The highest BCUT2D eigenvalue weighted by Gasteiger charge is 2.40. The molecule has 1 aromatic heterocycles. The number of thioether (sulfide) groups is 1. The lowest BCUT2D eigenvalue weighted by atomic mass is 10.1. The second-order valence-corrected chi connectivity index (χ2v) is 6.37. The minimum atomic E-state index is -1.08. The van der Waals surface area contributed by atoms with Crippen molar-refractivity contribution in [1.29, 1.82) is 0 Å². The first-order valence-electron chi connectivity index (χ1n) is 5.84. The summed E-state index contributed by atoms with van der Waals surface area (Å²) in [5, 5.41) is 9.26. The van der Waals surface area contributed by atoms with Crippen LogP contribution in [0.2, 0.25) is 0 Å². The topological polar surface area (TPSA) is 74.0 Å². The molecule has 0 radical (unpaired) electrons. The van der Waals surface area contributed by atoms with E-state index in [1.165, 1.54) is 22.9 Å². The lowest BCUT2D eigenvalue weighted by molar-refractivity contribution is -0.149. The predicted octanol–water partition coefficient (Wildman–Crippen LogP) is 1.83. The maximum atomic E-state index is 12.3. The van der Waals surface area contributed by atoms with Gasteiger partial charge in [0, 0.05) is 0 Å². The molecule has 8 heteroatoms. The van der Waals surface area contributed by atoms with E-state index in [1.807, 2.05) is 0 Å². The number of hydrogen-bond acceptors (Lipinski definition) is 6. The first kappa shape index (κ1) is 15.0. The number of carbonyl (C=O) groups is 2. The molecule has 1 fully saturated rings. The first-order chi connectivity index (χ1) is 9.34. The van der Waals surface area contributed by atoms with Gasteiger partial charge >= 0.3 is 5.97 Å². The van der Waals surface area contributed by atoms with Gasteiger partial charge < -0.3 is 9.52 Å². The molecule has 0 spiro atoms. The number of furan rings is 1. The van der Waals surface area contributed by atoms with Crippen molar-refractivity contribution in [1.82, 2.24) is 9.80 Å². The summed E-state index contributed by atoms with van der Waals surface area (Å²) in [6.45, 7) is 3.32. The molecule has 20 heavy (non-hydrogen) atoms. The van der Waals surface area contributed by atoms with Gasteiger partial charge in [-0.1, -0.05) is 24.0 Å². The molecule has 1 aliphatic heterocycles. The van der Waals surface area contributed by atoms with Gasteiger partial charge in [0.25, 0.3) is 5.91 Å². The SMILES string of the molecule is CC(C)(C(=O)O)N1CSC(=S)N(C(=O)c2ccco2)C1. The van der Waals surface area contributed by atoms with Gasteiger partial charge in [-0.25, -0.2) is 0 Å². The summed E-state index contributed by atoms with van der Waals surface area (Å²) in [6, 6.07) is 3.17. The van der Waals surface area contributed by atoms with Crippen molar-refractivity contribution < 1.29 is 19.1 Å². The van der Waals surface area contributed by atoms with E-state index >= 15 is 0 Å². The van der Waals surface area contributed by atoms with Crippen LogP contribution >= 0.6 is 24.0 Å². The number of nitrogens with zero attached hydrogens (tertiary/aromatic N) is 2. The number of aliphatic carboxylic acids is 1. The number of carboxylic acid groups (broad SMARTS) is 1. The van der Waals surface area contributed by atoms with Crippen LogP contribution in [0, 0.1) is 0 Å². The zero-order valence-corrected chi connectivity index (χ0v) is 12.7. The van der Waals surface area contributed by atoms with Gasteiger partial charge in [0.05, 0.1) is 18.8 Å². The Morgan fingerprint density at radius 2 is 2.20 bits per heavy atom. The van der Waals surface area contributed by atoms with Crippen LogP contribution in [0.4, 0.5) is 0 Å². The summed E-state index contributed by atoms with van der Waals surface area (Å²) in [5.41, 5.74) is -1.08. The third kappa shape index (κ3) is 2.72. The fourth-order valence-electron chi connectivity index (χ4n) is 1.63. The molecule has 2 heterocycles. The Morgan fingerprint density at radius 3 is 2.75 bits per heavy atom. The van der Waals surface area contributed by atoms with Gasteiger partial charge in [-0.05, 0) is 26.0 Å². The van der Waals surface area contributed by atoms with Crippen molar-refractivity contribution >= 4 is 40.2 Å². The molecule has 1 aromatic rings. The van der Waals surface area contributed by atoms with Crippen LogP contribution in [-0.4, -0.2) is 49.2 Å². The molecule has 1 saturated heterocycles. The standard InChI is InChI=1S/C12H14N2O4S2/c1-12(2,10(16)17)13-6-14(11(19)20-7-13)9(15)8-4-3-5-18-8/h3-5H,6-7H2,1-2H3,(H,16,17).